The molecule has 0 rings (SSSR count). The lowest BCUT2D eigenvalue weighted by atomic mass is 10.0. The lowest BCUT2D eigenvalue weighted by Crippen LogP contribution is -2.48. The van der Waals surface area contributed by atoms with Crippen LogP contribution in [0.3, 0.4) is 0 Å². The predicted octanol–water partition coefficient (Wildman–Crippen LogP) is 10.4. The van der Waals surface area contributed by atoms with E-state index in [1.165, 1.54) is 128 Å². The number of aliphatic hydroxyl groups is 3. The van der Waals surface area contributed by atoms with Crippen molar-refractivity contribution in [1.29, 1.82) is 0 Å². The number of carbonyl (C=O) groups excluding carboxylic acids is 1. The molecule has 0 aromatic rings. The van der Waals surface area contributed by atoms with Gasteiger partial charge in [-0.3, -0.25) is 4.79 Å². The highest BCUT2D eigenvalue weighted by Gasteiger charge is 2.22. The molecular weight excluding hydrogens is 558 g/mol. The van der Waals surface area contributed by atoms with Gasteiger partial charge in [0, 0.05) is 0 Å². The fraction of sp³-hybridized carbons (Fsp3) is 0.825. The van der Waals surface area contributed by atoms with E-state index in [2.05, 4.69) is 43.5 Å². The Morgan fingerprint density at radius 2 is 0.911 bits per heavy atom. The summed E-state index contributed by atoms with van der Waals surface area (Å²) in [6.07, 6.45) is 43.2. The summed E-state index contributed by atoms with van der Waals surface area (Å²) in [5.41, 5.74) is 0. The first-order chi connectivity index (χ1) is 22.1. The molecule has 0 aromatic carbocycles. The Bertz CT molecular complexity index is 704. The maximum Gasteiger partial charge on any atom is 0.249 e. The van der Waals surface area contributed by atoms with Crippen LogP contribution in [0, 0.1) is 0 Å². The second kappa shape index (κ2) is 35.4. The zero-order chi connectivity index (χ0) is 33.1. The molecule has 0 heterocycles. The standard InChI is InChI=1S/C40H75NO4/c1-3-5-7-9-11-13-14-15-16-17-18-19-20-21-22-23-24-25-27-29-31-33-35-39(44)40(45)41-37(36-42)38(43)34-32-30-28-26-12-10-8-6-4-2/h12,21-22,26,32,34,37-39,42-44H,3-11,13-20,23-25,27-31,33,35-36H2,1-2H3,(H,41,45)/b22-21-,26-12+,34-32+. The van der Waals surface area contributed by atoms with Crippen LogP contribution in [0.5, 0.6) is 0 Å². The largest absolute Gasteiger partial charge is 0.394 e. The Hall–Kier alpha value is -1.43. The molecule has 0 aliphatic carbocycles. The minimum Gasteiger partial charge on any atom is -0.394 e. The summed E-state index contributed by atoms with van der Waals surface area (Å²) in [7, 11) is 0. The summed E-state index contributed by atoms with van der Waals surface area (Å²) in [5, 5.41) is 32.8. The molecule has 5 nitrogen and oxygen atoms in total. The number of carbonyl (C=O) groups is 1. The van der Waals surface area contributed by atoms with Gasteiger partial charge >= 0.3 is 0 Å². The highest BCUT2D eigenvalue weighted by atomic mass is 16.3. The molecule has 5 heteroatoms. The maximum atomic E-state index is 12.4. The van der Waals surface area contributed by atoms with Gasteiger partial charge in [0.05, 0.1) is 18.8 Å². The molecule has 0 fully saturated rings. The monoisotopic (exact) mass is 634 g/mol. The zero-order valence-electron chi connectivity index (χ0n) is 29.7. The molecule has 264 valence electrons. The molecule has 0 saturated carbocycles. The van der Waals surface area contributed by atoms with Crippen molar-refractivity contribution in [3.8, 4) is 0 Å². The van der Waals surface area contributed by atoms with Crippen molar-refractivity contribution in [3.63, 3.8) is 0 Å². The van der Waals surface area contributed by atoms with Crippen LogP contribution in [0.4, 0.5) is 0 Å². The highest BCUT2D eigenvalue weighted by Crippen LogP contribution is 2.14. The molecule has 0 aliphatic rings. The number of unbranched alkanes of at least 4 members (excludes halogenated alkanes) is 22. The normalized spacial score (nSPS) is 14.2. The van der Waals surface area contributed by atoms with E-state index < -0.39 is 24.2 Å². The van der Waals surface area contributed by atoms with Crippen molar-refractivity contribution in [1.82, 2.24) is 5.32 Å². The van der Waals surface area contributed by atoms with Crippen LogP contribution in [-0.2, 0) is 4.79 Å². The van der Waals surface area contributed by atoms with Gasteiger partial charge in [-0.2, -0.15) is 0 Å². The average molecular weight is 634 g/mol. The van der Waals surface area contributed by atoms with E-state index in [-0.39, 0.29) is 6.61 Å². The molecular formula is C40H75NO4. The smallest absolute Gasteiger partial charge is 0.249 e. The molecule has 0 aromatic heterocycles. The van der Waals surface area contributed by atoms with E-state index in [4.69, 9.17) is 0 Å². The van der Waals surface area contributed by atoms with Crippen LogP contribution in [-0.4, -0.2) is 46.1 Å². The molecule has 0 spiro atoms. The van der Waals surface area contributed by atoms with Crippen LogP contribution in [0.25, 0.3) is 0 Å². The van der Waals surface area contributed by atoms with Gasteiger partial charge in [-0.05, 0) is 57.8 Å². The summed E-state index contributed by atoms with van der Waals surface area (Å²) in [5.74, 6) is -0.521. The second-order valence-corrected chi connectivity index (χ2v) is 13.1. The summed E-state index contributed by atoms with van der Waals surface area (Å²) in [6.45, 7) is 4.10. The topological polar surface area (TPSA) is 89.8 Å². The number of hydrogen-bond donors (Lipinski definition) is 4. The summed E-state index contributed by atoms with van der Waals surface area (Å²) in [4.78, 5) is 12.4. The molecule has 0 aliphatic heterocycles. The molecule has 45 heavy (non-hydrogen) atoms. The van der Waals surface area contributed by atoms with Crippen molar-refractivity contribution in [2.45, 2.75) is 205 Å². The number of nitrogens with one attached hydrogen (secondary N) is 1. The minimum absolute atomic E-state index is 0.379. The Kier molecular flexibility index (Phi) is 34.3. The Balaban J connectivity index is 3.67. The first kappa shape index (κ1) is 43.6. The molecule has 0 saturated heterocycles. The van der Waals surface area contributed by atoms with Gasteiger partial charge in [0.25, 0.3) is 0 Å². The number of allylic oxidation sites excluding steroid dienone is 5. The van der Waals surface area contributed by atoms with E-state index in [1.54, 1.807) is 6.08 Å². The molecule has 4 N–H and O–H groups in total. The Morgan fingerprint density at radius 3 is 1.40 bits per heavy atom. The van der Waals surface area contributed by atoms with E-state index in [0.717, 1.165) is 38.5 Å². The Morgan fingerprint density at radius 1 is 0.533 bits per heavy atom. The van der Waals surface area contributed by atoms with Crippen LogP contribution in [0.15, 0.2) is 36.5 Å². The molecule has 0 bridgehead atoms. The summed E-state index contributed by atoms with van der Waals surface area (Å²) >= 11 is 0. The molecule has 0 radical (unpaired) electrons. The number of amides is 1. The van der Waals surface area contributed by atoms with Gasteiger partial charge < -0.3 is 20.6 Å². The third kappa shape index (κ3) is 31.0. The lowest BCUT2D eigenvalue weighted by molar-refractivity contribution is -0.131. The molecule has 3 unspecified atom stereocenters. The van der Waals surface area contributed by atoms with E-state index in [0.29, 0.717) is 6.42 Å². The third-order valence-electron chi connectivity index (χ3n) is 8.70. The molecule has 3 atom stereocenters. The average Bonchev–Trinajstić information content (AvgIpc) is 3.04. The van der Waals surface area contributed by atoms with E-state index in [1.807, 2.05) is 6.08 Å². The van der Waals surface area contributed by atoms with Gasteiger partial charge in [0.1, 0.15) is 6.10 Å². The van der Waals surface area contributed by atoms with Crippen LogP contribution < -0.4 is 5.32 Å². The second-order valence-electron chi connectivity index (χ2n) is 13.1. The number of rotatable bonds is 34. The SMILES string of the molecule is CCCCC/C=C/CC/C=C/C(O)C(CO)NC(=O)C(O)CCCCCCCC/C=C\CCCCCCCCCCCCCC. The predicted molar refractivity (Wildman–Crippen MR) is 194 cm³/mol. The van der Waals surface area contributed by atoms with Crippen molar-refractivity contribution in [3.05, 3.63) is 36.5 Å². The van der Waals surface area contributed by atoms with Crippen molar-refractivity contribution in [2.75, 3.05) is 6.61 Å². The number of aliphatic hydroxyl groups excluding tert-OH is 3. The van der Waals surface area contributed by atoms with Gasteiger partial charge in [0.2, 0.25) is 5.91 Å². The first-order valence-corrected chi connectivity index (χ1v) is 19.3. The minimum atomic E-state index is -1.11. The number of hydrogen-bond acceptors (Lipinski definition) is 4. The summed E-state index contributed by atoms with van der Waals surface area (Å²) in [6, 6.07) is -0.813. The quantitative estimate of drug-likeness (QED) is 0.0419. The Labute approximate surface area is 279 Å². The van der Waals surface area contributed by atoms with Gasteiger partial charge in [-0.1, -0.05) is 166 Å². The zero-order valence-corrected chi connectivity index (χ0v) is 29.7. The van der Waals surface area contributed by atoms with Crippen LogP contribution in [0.2, 0.25) is 0 Å². The highest BCUT2D eigenvalue weighted by molar-refractivity contribution is 5.80. The van der Waals surface area contributed by atoms with Crippen molar-refractivity contribution < 1.29 is 20.1 Å². The van der Waals surface area contributed by atoms with Crippen LogP contribution in [0.1, 0.15) is 187 Å². The first-order valence-electron chi connectivity index (χ1n) is 19.3. The van der Waals surface area contributed by atoms with E-state index in [9.17, 15) is 20.1 Å². The van der Waals surface area contributed by atoms with Crippen LogP contribution >= 0.6 is 0 Å². The summed E-state index contributed by atoms with van der Waals surface area (Å²) < 4.78 is 0. The van der Waals surface area contributed by atoms with Crippen molar-refractivity contribution >= 4 is 5.91 Å². The van der Waals surface area contributed by atoms with Crippen molar-refractivity contribution in [2.24, 2.45) is 0 Å². The maximum absolute atomic E-state index is 12.4. The molecule has 1 amide bonds. The fourth-order valence-electron chi connectivity index (χ4n) is 5.61. The third-order valence-corrected chi connectivity index (χ3v) is 8.70. The van der Waals surface area contributed by atoms with E-state index >= 15 is 0 Å². The fourth-order valence-corrected chi connectivity index (χ4v) is 5.61. The van der Waals surface area contributed by atoms with Gasteiger partial charge in [-0.15, -0.1) is 0 Å². The van der Waals surface area contributed by atoms with Gasteiger partial charge in [0.15, 0.2) is 0 Å². The lowest BCUT2D eigenvalue weighted by Gasteiger charge is -2.21. The van der Waals surface area contributed by atoms with Gasteiger partial charge in [-0.25, -0.2) is 0 Å².